The molecule has 0 aliphatic carbocycles. The summed E-state index contributed by atoms with van der Waals surface area (Å²) in [6, 6.07) is 12.9. The fraction of sp³-hybridized carbons (Fsp3) is 0.111. The van der Waals surface area contributed by atoms with Crippen LogP contribution in [0.25, 0.3) is 11.1 Å². The van der Waals surface area contributed by atoms with E-state index in [1.807, 2.05) is 6.92 Å². The van der Waals surface area contributed by atoms with Crippen LogP contribution in [0.1, 0.15) is 27.5 Å². The molecule has 0 aliphatic rings. The van der Waals surface area contributed by atoms with Crippen LogP contribution in [0.15, 0.2) is 57.7 Å². The number of aliphatic carboxylic acids is 1. The number of aryl methyl sites for hydroxylation is 1. The van der Waals surface area contributed by atoms with Crippen LogP contribution in [0, 0.1) is 6.92 Å². The van der Waals surface area contributed by atoms with Crippen LogP contribution in [0.4, 0.5) is 0 Å². The van der Waals surface area contributed by atoms with Gasteiger partial charge in [0.2, 0.25) is 0 Å². The molecule has 0 saturated heterocycles. The van der Waals surface area contributed by atoms with Crippen molar-refractivity contribution in [1.29, 1.82) is 0 Å². The zero-order valence-corrected chi connectivity index (χ0v) is 12.7. The second kappa shape index (κ2) is 6.08. The molecule has 0 aliphatic heterocycles. The minimum atomic E-state index is -1.71. The number of hydrogen-bond acceptors (Lipinski definition) is 5. The molecule has 6 nitrogen and oxygen atoms in total. The average Bonchev–Trinajstić information content (AvgIpc) is 2.55. The summed E-state index contributed by atoms with van der Waals surface area (Å²) in [6.07, 6.45) is 0. The van der Waals surface area contributed by atoms with Crippen LogP contribution >= 0.6 is 0 Å². The Labute approximate surface area is 136 Å². The number of ketones is 1. The lowest BCUT2D eigenvalue weighted by molar-refractivity contribution is -0.137. The molecule has 0 fully saturated rings. The van der Waals surface area contributed by atoms with Gasteiger partial charge in [-0.05, 0) is 19.1 Å². The van der Waals surface area contributed by atoms with Crippen LogP contribution in [-0.2, 0) is 4.79 Å². The largest absolute Gasteiger partial charge is 0.480 e. The van der Waals surface area contributed by atoms with Crippen molar-refractivity contribution in [1.82, 2.24) is 4.98 Å². The van der Waals surface area contributed by atoms with Gasteiger partial charge in [0.1, 0.15) is 11.2 Å². The summed E-state index contributed by atoms with van der Waals surface area (Å²) in [5.41, 5.74) is 0.325. The first-order valence-electron chi connectivity index (χ1n) is 7.21. The molecule has 0 radical (unpaired) electrons. The molecule has 0 amide bonds. The third-order valence-corrected chi connectivity index (χ3v) is 3.64. The first-order chi connectivity index (χ1) is 11.5. The molecule has 0 bridgehead atoms. The SMILES string of the molecule is Cc1ccc(C(=O)C(C(=O)O)c2nc3ccccc3oc2=O)cc1. The van der Waals surface area contributed by atoms with Gasteiger partial charge in [-0.1, -0.05) is 42.0 Å². The van der Waals surface area contributed by atoms with Gasteiger partial charge in [0, 0.05) is 5.56 Å². The van der Waals surface area contributed by atoms with Crippen LogP contribution < -0.4 is 5.63 Å². The van der Waals surface area contributed by atoms with Gasteiger partial charge in [0.25, 0.3) is 0 Å². The van der Waals surface area contributed by atoms with Crippen molar-refractivity contribution in [3.63, 3.8) is 0 Å². The summed E-state index contributed by atoms with van der Waals surface area (Å²) in [6.45, 7) is 1.85. The van der Waals surface area contributed by atoms with E-state index in [0.29, 0.717) is 5.52 Å². The van der Waals surface area contributed by atoms with Gasteiger partial charge in [0.05, 0.1) is 0 Å². The van der Waals surface area contributed by atoms with Gasteiger partial charge in [0.15, 0.2) is 17.3 Å². The molecule has 0 saturated carbocycles. The second-order valence-electron chi connectivity index (χ2n) is 5.36. The first-order valence-corrected chi connectivity index (χ1v) is 7.21. The minimum absolute atomic E-state index is 0.197. The molecule has 1 atom stereocenters. The van der Waals surface area contributed by atoms with Crippen molar-refractivity contribution in [2.24, 2.45) is 0 Å². The van der Waals surface area contributed by atoms with E-state index in [4.69, 9.17) is 4.42 Å². The molecule has 1 N–H and O–H groups in total. The summed E-state index contributed by atoms with van der Waals surface area (Å²) in [5, 5.41) is 9.47. The smallest absolute Gasteiger partial charge is 0.359 e. The van der Waals surface area contributed by atoms with Gasteiger partial charge in [-0.15, -0.1) is 0 Å². The lowest BCUT2D eigenvalue weighted by Gasteiger charge is -2.10. The van der Waals surface area contributed by atoms with Crippen molar-refractivity contribution >= 4 is 22.9 Å². The molecule has 1 unspecified atom stereocenters. The Morgan fingerprint density at radius 2 is 1.75 bits per heavy atom. The summed E-state index contributed by atoms with van der Waals surface area (Å²) in [7, 11) is 0. The predicted octanol–water partition coefficient (Wildman–Crippen LogP) is 2.55. The van der Waals surface area contributed by atoms with Gasteiger partial charge in [-0.3, -0.25) is 9.59 Å². The highest BCUT2D eigenvalue weighted by atomic mass is 16.4. The topological polar surface area (TPSA) is 97.5 Å². The van der Waals surface area contributed by atoms with Crippen molar-refractivity contribution in [3.8, 4) is 0 Å². The number of fused-ring (bicyclic) bond motifs is 1. The molecule has 0 spiro atoms. The van der Waals surface area contributed by atoms with E-state index in [1.54, 1.807) is 36.4 Å². The van der Waals surface area contributed by atoms with E-state index in [2.05, 4.69) is 4.98 Å². The number of nitrogens with zero attached hydrogens (tertiary/aromatic N) is 1. The maximum absolute atomic E-state index is 12.6. The van der Waals surface area contributed by atoms with Crippen molar-refractivity contribution in [3.05, 3.63) is 75.8 Å². The number of aromatic nitrogens is 1. The molecule has 120 valence electrons. The summed E-state index contributed by atoms with van der Waals surface area (Å²) in [4.78, 5) is 40.4. The molecule has 3 rings (SSSR count). The summed E-state index contributed by atoms with van der Waals surface area (Å²) < 4.78 is 5.10. The lowest BCUT2D eigenvalue weighted by atomic mass is 9.94. The number of benzene rings is 2. The first kappa shape index (κ1) is 15.6. The lowest BCUT2D eigenvalue weighted by Crippen LogP contribution is -2.28. The number of carbonyl (C=O) groups is 2. The van der Waals surface area contributed by atoms with Crippen molar-refractivity contribution < 1.29 is 19.1 Å². The Morgan fingerprint density at radius 3 is 2.42 bits per heavy atom. The molecular formula is C18H13NO5. The predicted molar refractivity (Wildman–Crippen MR) is 86.2 cm³/mol. The number of hydrogen-bond donors (Lipinski definition) is 1. The molecule has 3 aromatic rings. The van der Waals surface area contributed by atoms with Crippen LogP contribution in [-0.4, -0.2) is 21.8 Å². The molecule has 1 heterocycles. The third kappa shape index (κ3) is 2.81. The van der Waals surface area contributed by atoms with E-state index in [-0.39, 0.29) is 11.1 Å². The van der Waals surface area contributed by atoms with Gasteiger partial charge in [-0.25, -0.2) is 9.78 Å². The van der Waals surface area contributed by atoms with Crippen LogP contribution in [0.3, 0.4) is 0 Å². The fourth-order valence-electron chi connectivity index (χ4n) is 2.38. The monoisotopic (exact) mass is 323 g/mol. The normalized spacial score (nSPS) is 12.0. The van der Waals surface area contributed by atoms with E-state index in [0.717, 1.165) is 5.56 Å². The Hall–Kier alpha value is -3.28. The molecule has 6 heteroatoms. The number of para-hydroxylation sites is 2. The Balaban J connectivity index is 2.13. The number of rotatable bonds is 4. The number of Topliss-reactive ketones (excluding diaryl/α,β-unsaturated/α-hetero) is 1. The van der Waals surface area contributed by atoms with Gasteiger partial charge < -0.3 is 9.52 Å². The highest BCUT2D eigenvalue weighted by Crippen LogP contribution is 2.20. The zero-order chi connectivity index (χ0) is 17.3. The summed E-state index contributed by atoms with van der Waals surface area (Å²) in [5.74, 6) is -3.87. The Bertz CT molecular complexity index is 988. The van der Waals surface area contributed by atoms with Gasteiger partial charge in [-0.2, -0.15) is 0 Å². The molecule has 1 aromatic heterocycles. The van der Waals surface area contributed by atoms with E-state index in [9.17, 15) is 19.5 Å². The van der Waals surface area contributed by atoms with Gasteiger partial charge >= 0.3 is 11.6 Å². The maximum Gasteiger partial charge on any atom is 0.359 e. The highest BCUT2D eigenvalue weighted by molar-refractivity contribution is 6.12. The molecule has 2 aromatic carbocycles. The zero-order valence-electron chi connectivity index (χ0n) is 12.7. The third-order valence-electron chi connectivity index (χ3n) is 3.64. The average molecular weight is 323 g/mol. The van der Waals surface area contributed by atoms with E-state index >= 15 is 0 Å². The Morgan fingerprint density at radius 1 is 1.08 bits per heavy atom. The number of carboxylic acids is 1. The minimum Gasteiger partial charge on any atom is -0.480 e. The number of carbonyl (C=O) groups excluding carboxylic acids is 1. The number of carboxylic acid groups (broad SMARTS) is 1. The summed E-state index contributed by atoms with van der Waals surface area (Å²) >= 11 is 0. The maximum atomic E-state index is 12.6. The van der Waals surface area contributed by atoms with E-state index in [1.165, 1.54) is 12.1 Å². The second-order valence-corrected chi connectivity index (χ2v) is 5.36. The standard InChI is InChI=1S/C18H13NO5/c1-10-6-8-11(9-7-10)16(20)14(17(21)22)15-18(23)24-13-5-3-2-4-12(13)19-15/h2-9,14H,1H3,(H,21,22). The van der Waals surface area contributed by atoms with Crippen LogP contribution in [0.2, 0.25) is 0 Å². The Kier molecular flexibility index (Phi) is 3.95. The quantitative estimate of drug-likeness (QED) is 0.585. The fourth-order valence-corrected chi connectivity index (χ4v) is 2.38. The van der Waals surface area contributed by atoms with Crippen LogP contribution in [0.5, 0.6) is 0 Å². The molecular weight excluding hydrogens is 310 g/mol. The highest BCUT2D eigenvalue weighted by Gasteiger charge is 2.34. The van der Waals surface area contributed by atoms with Crippen molar-refractivity contribution in [2.75, 3.05) is 0 Å². The molecule has 24 heavy (non-hydrogen) atoms. The van der Waals surface area contributed by atoms with E-state index < -0.39 is 29.0 Å². The van der Waals surface area contributed by atoms with Crippen molar-refractivity contribution in [2.45, 2.75) is 12.8 Å².